The number of hydrogen-bond donors (Lipinski definition) is 2. The zero-order valence-electron chi connectivity index (χ0n) is 9.30. The van der Waals surface area contributed by atoms with Gasteiger partial charge in [0, 0.05) is 6.42 Å². The molecule has 0 aliphatic rings. The zero-order valence-corrected chi connectivity index (χ0v) is 10.9. The molecule has 0 saturated carbocycles. The van der Waals surface area contributed by atoms with Crippen LogP contribution in [-0.4, -0.2) is 42.4 Å². The number of esters is 1. The van der Waals surface area contributed by atoms with E-state index in [4.69, 9.17) is 10.3 Å². The molecule has 0 rings (SSSR count). The van der Waals surface area contributed by atoms with E-state index >= 15 is 0 Å². The minimum atomic E-state index is -4.68. The van der Waals surface area contributed by atoms with Crippen LogP contribution < -0.4 is 5.73 Å². The first-order chi connectivity index (χ1) is 7.29. The monoisotopic (exact) mass is 271 g/mol. The van der Waals surface area contributed by atoms with Crippen molar-refractivity contribution in [2.24, 2.45) is 5.73 Å². The van der Waals surface area contributed by atoms with Crippen LogP contribution >= 0.6 is 11.8 Å². The molecule has 0 bridgehead atoms. The summed E-state index contributed by atoms with van der Waals surface area (Å²) < 4.78 is 35.8. The normalized spacial score (nSPS) is 15.5. The third kappa shape index (κ3) is 3.93. The minimum absolute atomic E-state index is 0.0760. The maximum atomic E-state index is 11.5. The number of hydrogen-bond acceptors (Lipinski definition) is 6. The van der Waals surface area contributed by atoms with Gasteiger partial charge in [0.25, 0.3) is 10.1 Å². The number of ether oxygens (including phenoxy) is 1. The lowest BCUT2D eigenvalue weighted by Crippen LogP contribution is -2.55. The Bertz CT molecular complexity index is 329. The van der Waals surface area contributed by atoms with Crippen LogP contribution in [0.15, 0.2) is 0 Å². The fraction of sp³-hybridized carbons (Fsp3) is 0.875. The summed E-state index contributed by atoms with van der Waals surface area (Å²) in [6.45, 7) is 1.84. The quantitative estimate of drug-likeness (QED) is 0.504. The highest BCUT2D eigenvalue weighted by atomic mass is 32.2. The Hall–Kier alpha value is -0.310. The first kappa shape index (κ1) is 15.7. The molecule has 0 spiro atoms. The topological polar surface area (TPSA) is 107 Å². The second-order valence-corrected chi connectivity index (χ2v) is 5.91. The van der Waals surface area contributed by atoms with Gasteiger partial charge in [0.1, 0.15) is 0 Å². The van der Waals surface area contributed by atoms with Crippen LogP contribution in [0.3, 0.4) is 0 Å². The Labute approximate surface area is 99.7 Å². The molecule has 8 heteroatoms. The average molecular weight is 271 g/mol. The molecule has 1 unspecified atom stereocenters. The lowest BCUT2D eigenvalue weighted by molar-refractivity contribution is -0.147. The number of rotatable bonds is 7. The van der Waals surface area contributed by atoms with Gasteiger partial charge in [-0.05, 0) is 18.4 Å². The molecule has 96 valence electrons. The summed E-state index contributed by atoms with van der Waals surface area (Å²) in [7, 11) is -4.68. The Morgan fingerprint density at radius 3 is 2.50 bits per heavy atom. The zero-order chi connectivity index (χ0) is 12.8. The molecule has 0 aromatic rings. The van der Waals surface area contributed by atoms with Crippen molar-refractivity contribution in [2.45, 2.75) is 24.6 Å². The van der Waals surface area contributed by atoms with Crippen molar-refractivity contribution in [2.75, 3.05) is 18.6 Å². The van der Waals surface area contributed by atoms with Crippen LogP contribution in [0.2, 0.25) is 0 Å². The maximum absolute atomic E-state index is 11.5. The third-order valence-electron chi connectivity index (χ3n) is 1.92. The smallest absolute Gasteiger partial charge is 0.344 e. The molecule has 0 aliphatic heterocycles. The number of carbonyl (C=O) groups is 1. The van der Waals surface area contributed by atoms with Crippen molar-refractivity contribution in [3.63, 3.8) is 0 Å². The van der Waals surface area contributed by atoms with Crippen LogP contribution in [0.5, 0.6) is 0 Å². The summed E-state index contributed by atoms with van der Waals surface area (Å²) in [5, 5.41) is 0. The maximum Gasteiger partial charge on any atom is 0.344 e. The van der Waals surface area contributed by atoms with Gasteiger partial charge in [-0.15, -0.1) is 0 Å². The van der Waals surface area contributed by atoms with Crippen LogP contribution in [0.25, 0.3) is 0 Å². The van der Waals surface area contributed by atoms with Crippen molar-refractivity contribution in [3.8, 4) is 0 Å². The Balaban J connectivity index is 4.86. The predicted molar refractivity (Wildman–Crippen MR) is 62.7 cm³/mol. The fourth-order valence-corrected chi connectivity index (χ4v) is 2.19. The fourth-order valence-electron chi connectivity index (χ4n) is 0.907. The van der Waals surface area contributed by atoms with Crippen molar-refractivity contribution in [3.05, 3.63) is 0 Å². The van der Waals surface area contributed by atoms with E-state index < -0.39 is 21.0 Å². The van der Waals surface area contributed by atoms with E-state index in [0.717, 1.165) is 0 Å². The summed E-state index contributed by atoms with van der Waals surface area (Å²) in [6.07, 6.45) is 2.10. The molecular weight excluding hydrogens is 254 g/mol. The van der Waals surface area contributed by atoms with Gasteiger partial charge in [0.2, 0.25) is 4.87 Å². The Kier molecular flexibility index (Phi) is 6.31. The summed E-state index contributed by atoms with van der Waals surface area (Å²) >= 11 is 1.32. The largest absolute Gasteiger partial charge is 0.463 e. The van der Waals surface area contributed by atoms with Gasteiger partial charge in [-0.3, -0.25) is 4.55 Å². The minimum Gasteiger partial charge on any atom is -0.463 e. The van der Waals surface area contributed by atoms with Gasteiger partial charge in [0.15, 0.2) is 0 Å². The second-order valence-electron chi connectivity index (χ2n) is 3.24. The van der Waals surface area contributed by atoms with Gasteiger partial charge in [-0.1, -0.05) is 6.92 Å². The molecule has 0 radical (unpaired) electrons. The van der Waals surface area contributed by atoms with E-state index in [-0.39, 0.29) is 13.0 Å². The van der Waals surface area contributed by atoms with Gasteiger partial charge in [-0.25, -0.2) is 4.79 Å². The van der Waals surface area contributed by atoms with E-state index in [1.165, 1.54) is 11.8 Å². The first-order valence-electron chi connectivity index (χ1n) is 4.71. The molecule has 0 aromatic heterocycles. The molecule has 0 aliphatic carbocycles. The van der Waals surface area contributed by atoms with E-state index in [2.05, 4.69) is 4.74 Å². The number of carbonyl (C=O) groups excluding carboxylic acids is 1. The van der Waals surface area contributed by atoms with Crippen molar-refractivity contribution >= 4 is 27.8 Å². The highest BCUT2D eigenvalue weighted by molar-refractivity contribution is 7.98. The third-order valence-corrected chi connectivity index (χ3v) is 3.82. The standard InChI is InChI=1S/C8H17NO5S2/c1-3-5-14-7(10)8(9,4-6-15-2)16(11,12)13/h3-6,9H2,1-2H3,(H,11,12,13). The average Bonchev–Trinajstić information content (AvgIpc) is 2.20. The van der Waals surface area contributed by atoms with E-state index in [1.54, 1.807) is 13.2 Å². The summed E-state index contributed by atoms with van der Waals surface area (Å²) in [5.74, 6) is -0.775. The van der Waals surface area contributed by atoms with E-state index in [9.17, 15) is 13.2 Å². The van der Waals surface area contributed by atoms with Gasteiger partial charge >= 0.3 is 5.97 Å². The lowest BCUT2D eigenvalue weighted by Gasteiger charge is -2.23. The molecule has 6 nitrogen and oxygen atoms in total. The summed E-state index contributed by atoms with van der Waals surface area (Å²) in [4.78, 5) is 9.12. The summed E-state index contributed by atoms with van der Waals surface area (Å²) in [6, 6.07) is 0. The molecule has 0 amide bonds. The van der Waals surface area contributed by atoms with Crippen LogP contribution in [-0.2, 0) is 19.6 Å². The van der Waals surface area contributed by atoms with Crippen molar-refractivity contribution < 1.29 is 22.5 Å². The van der Waals surface area contributed by atoms with Crippen LogP contribution in [0.4, 0.5) is 0 Å². The molecule has 1 atom stereocenters. The van der Waals surface area contributed by atoms with E-state index in [0.29, 0.717) is 12.2 Å². The lowest BCUT2D eigenvalue weighted by atomic mass is 10.2. The first-order valence-corrected chi connectivity index (χ1v) is 7.55. The number of nitrogens with two attached hydrogens (primary N) is 1. The highest BCUT2D eigenvalue weighted by Gasteiger charge is 2.47. The highest BCUT2D eigenvalue weighted by Crippen LogP contribution is 2.19. The van der Waals surface area contributed by atoms with Gasteiger partial charge in [-0.2, -0.15) is 20.2 Å². The number of thioether (sulfide) groups is 1. The molecule has 0 fully saturated rings. The SMILES string of the molecule is CCCOC(=O)C(N)(CCSC)S(=O)(=O)O. The molecule has 3 N–H and O–H groups in total. The molecule has 0 saturated heterocycles. The van der Waals surface area contributed by atoms with Gasteiger partial charge < -0.3 is 10.5 Å². The van der Waals surface area contributed by atoms with Crippen molar-refractivity contribution in [1.29, 1.82) is 0 Å². The molecule has 16 heavy (non-hydrogen) atoms. The molecular formula is C8H17NO5S2. The second kappa shape index (κ2) is 6.43. The Morgan fingerprint density at radius 2 is 2.12 bits per heavy atom. The van der Waals surface area contributed by atoms with E-state index in [1.807, 2.05) is 0 Å². The van der Waals surface area contributed by atoms with Gasteiger partial charge in [0.05, 0.1) is 6.61 Å². The van der Waals surface area contributed by atoms with Crippen LogP contribution in [0, 0.1) is 0 Å². The van der Waals surface area contributed by atoms with Crippen molar-refractivity contribution in [1.82, 2.24) is 0 Å². The predicted octanol–water partition coefficient (Wildman–Crippen LogP) is 0.236. The molecule has 0 aromatic carbocycles. The Morgan fingerprint density at radius 1 is 1.56 bits per heavy atom. The molecule has 0 heterocycles. The summed E-state index contributed by atoms with van der Waals surface area (Å²) in [5.41, 5.74) is 5.42. The van der Waals surface area contributed by atoms with Crippen LogP contribution in [0.1, 0.15) is 19.8 Å².